The quantitative estimate of drug-likeness (QED) is 0.730. The molecule has 2 aromatic rings. The van der Waals surface area contributed by atoms with Crippen molar-refractivity contribution in [3.8, 4) is 0 Å². The number of pyridine rings is 1. The molecule has 2 heterocycles. The number of rotatable bonds is 2. The van der Waals surface area contributed by atoms with Crippen LogP contribution in [0, 0.1) is 6.92 Å². The van der Waals surface area contributed by atoms with Gasteiger partial charge < -0.3 is 4.40 Å². The third-order valence-electron chi connectivity index (χ3n) is 2.83. The maximum Gasteiger partial charge on any atom is 0.116 e. The maximum absolute atomic E-state index is 4.63. The van der Waals surface area contributed by atoms with E-state index >= 15 is 0 Å². The summed E-state index contributed by atoms with van der Waals surface area (Å²) in [6.07, 6.45) is 3.29. The van der Waals surface area contributed by atoms with Crippen LogP contribution in [0.1, 0.15) is 43.8 Å². The van der Waals surface area contributed by atoms with Crippen LogP contribution in [-0.4, -0.2) is 9.38 Å². The van der Waals surface area contributed by atoms with Crippen LogP contribution in [0.5, 0.6) is 0 Å². The highest BCUT2D eigenvalue weighted by atomic mass is 15.0. The van der Waals surface area contributed by atoms with Gasteiger partial charge in [0.1, 0.15) is 5.82 Å². The van der Waals surface area contributed by atoms with Crippen LogP contribution < -0.4 is 0 Å². The van der Waals surface area contributed by atoms with Gasteiger partial charge >= 0.3 is 0 Å². The van der Waals surface area contributed by atoms with Crippen LogP contribution in [0.4, 0.5) is 0 Å². The number of imidazole rings is 1. The van der Waals surface area contributed by atoms with Crippen molar-refractivity contribution in [3.05, 3.63) is 35.4 Å². The summed E-state index contributed by atoms with van der Waals surface area (Å²) in [4.78, 5) is 4.63. The Hall–Kier alpha value is -1.31. The molecule has 2 aromatic heterocycles. The number of hydrogen-bond donors (Lipinski definition) is 0. The molecule has 2 nitrogen and oxygen atoms in total. The number of fused-ring (bicyclic) bond motifs is 1. The Bertz CT molecular complexity index is 480. The molecule has 0 aliphatic heterocycles. The molecule has 15 heavy (non-hydrogen) atoms. The molecule has 0 aromatic carbocycles. The molecule has 0 amide bonds. The van der Waals surface area contributed by atoms with E-state index in [9.17, 15) is 0 Å². The lowest BCUT2D eigenvalue weighted by Gasteiger charge is -2.05. The van der Waals surface area contributed by atoms with Crippen molar-refractivity contribution in [2.45, 2.75) is 40.0 Å². The molecule has 0 saturated heterocycles. The lowest BCUT2D eigenvalue weighted by molar-refractivity contribution is 0.766. The van der Waals surface area contributed by atoms with Gasteiger partial charge in [-0.2, -0.15) is 0 Å². The van der Waals surface area contributed by atoms with Gasteiger partial charge in [-0.05, 0) is 25.0 Å². The summed E-state index contributed by atoms with van der Waals surface area (Å²) in [5.74, 6) is 1.64. The minimum absolute atomic E-state index is 0.471. The first-order chi connectivity index (χ1) is 7.13. The first kappa shape index (κ1) is 10.2. The summed E-state index contributed by atoms with van der Waals surface area (Å²) >= 11 is 0. The van der Waals surface area contributed by atoms with Gasteiger partial charge in [-0.3, -0.25) is 0 Å². The standard InChI is InChI=1S/C13H18N2/c1-5-11-6-7-12-10(4)14-13(9(2)3)15(12)8-11/h6-9H,5H2,1-4H3. The van der Waals surface area contributed by atoms with Gasteiger partial charge in [0.05, 0.1) is 11.2 Å². The van der Waals surface area contributed by atoms with E-state index in [1.54, 1.807) is 0 Å². The molecule has 0 radical (unpaired) electrons. The molecular formula is C13H18N2. The molecule has 2 rings (SSSR count). The van der Waals surface area contributed by atoms with Crippen LogP contribution in [0.25, 0.3) is 5.52 Å². The minimum atomic E-state index is 0.471. The van der Waals surface area contributed by atoms with E-state index in [0.717, 1.165) is 17.9 Å². The molecule has 0 fully saturated rings. The van der Waals surface area contributed by atoms with Gasteiger partial charge in [0, 0.05) is 12.1 Å². The second-order valence-corrected chi connectivity index (χ2v) is 4.36. The minimum Gasteiger partial charge on any atom is -0.303 e. The monoisotopic (exact) mass is 202 g/mol. The lowest BCUT2D eigenvalue weighted by atomic mass is 10.2. The molecule has 0 aliphatic carbocycles. The average Bonchev–Trinajstić information content (AvgIpc) is 2.56. The van der Waals surface area contributed by atoms with Gasteiger partial charge in [0.2, 0.25) is 0 Å². The summed E-state index contributed by atoms with van der Waals surface area (Å²) in [7, 11) is 0. The Morgan fingerprint density at radius 2 is 2.07 bits per heavy atom. The average molecular weight is 202 g/mol. The molecule has 0 atom stereocenters. The van der Waals surface area contributed by atoms with E-state index in [0.29, 0.717) is 5.92 Å². The zero-order chi connectivity index (χ0) is 11.0. The summed E-state index contributed by atoms with van der Waals surface area (Å²) < 4.78 is 2.23. The Balaban J connectivity index is 2.71. The van der Waals surface area contributed by atoms with Crippen molar-refractivity contribution in [1.29, 1.82) is 0 Å². The summed E-state index contributed by atoms with van der Waals surface area (Å²) in [6.45, 7) is 8.63. The summed E-state index contributed by atoms with van der Waals surface area (Å²) in [6, 6.07) is 4.36. The fraction of sp³-hybridized carbons (Fsp3) is 0.462. The first-order valence-corrected chi connectivity index (χ1v) is 5.61. The molecule has 0 spiro atoms. The predicted molar refractivity (Wildman–Crippen MR) is 63.4 cm³/mol. The normalized spacial score (nSPS) is 11.5. The van der Waals surface area contributed by atoms with Crippen LogP contribution in [-0.2, 0) is 6.42 Å². The second-order valence-electron chi connectivity index (χ2n) is 4.36. The number of aromatic nitrogens is 2. The van der Waals surface area contributed by atoms with Crippen molar-refractivity contribution >= 4 is 5.52 Å². The van der Waals surface area contributed by atoms with Gasteiger partial charge in [0.15, 0.2) is 0 Å². The molecule has 0 bridgehead atoms. The van der Waals surface area contributed by atoms with E-state index in [4.69, 9.17) is 0 Å². The van der Waals surface area contributed by atoms with E-state index < -0.39 is 0 Å². The molecule has 2 heteroatoms. The van der Waals surface area contributed by atoms with E-state index in [1.165, 1.54) is 11.1 Å². The van der Waals surface area contributed by atoms with Crippen molar-refractivity contribution < 1.29 is 0 Å². The lowest BCUT2D eigenvalue weighted by Crippen LogP contribution is -1.97. The Labute approximate surface area is 91.0 Å². The zero-order valence-corrected chi connectivity index (χ0v) is 9.91. The molecule has 0 saturated carbocycles. The smallest absolute Gasteiger partial charge is 0.116 e. The Morgan fingerprint density at radius 3 is 2.67 bits per heavy atom. The summed E-state index contributed by atoms with van der Waals surface area (Å²) in [5.41, 5.74) is 3.72. The highest BCUT2D eigenvalue weighted by Crippen LogP contribution is 2.19. The third-order valence-corrected chi connectivity index (χ3v) is 2.83. The Kier molecular flexibility index (Phi) is 2.51. The Morgan fingerprint density at radius 1 is 1.33 bits per heavy atom. The van der Waals surface area contributed by atoms with Gasteiger partial charge in [-0.1, -0.05) is 26.8 Å². The van der Waals surface area contributed by atoms with Crippen molar-refractivity contribution in [1.82, 2.24) is 9.38 Å². The molecular weight excluding hydrogens is 184 g/mol. The SMILES string of the molecule is CCc1ccc2c(C)nc(C(C)C)n2c1. The fourth-order valence-corrected chi connectivity index (χ4v) is 1.93. The maximum atomic E-state index is 4.63. The van der Waals surface area contributed by atoms with Crippen LogP contribution in [0.2, 0.25) is 0 Å². The van der Waals surface area contributed by atoms with Crippen LogP contribution in [0.15, 0.2) is 18.3 Å². The third kappa shape index (κ3) is 1.65. The van der Waals surface area contributed by atoms with Gasteiger partial charge in [-0.25, -0.2) is 4.98 Å². The number of aryl methyl sites for hydroxylation is 2. The van der Waals surface area contributed by atoms with E-state index in [-0.39, 0.29) is 0 Å². The van der Waals surface area contributed by atoms with Crippen LogP contribution >= 0.6 is 0 Å². The number of hydrogen-bond acceptors (Lipinski definition) is 1. The highest BCUT2D eigenvalue weighted by molar-refractivity contribution is 5.53. The van der Waals surface area contributed by atoms with Crippen molar-refractivity contribution in [2.75, 3.05) is 0 Å². The van der Waals surface area contributed by atoms with Gasteiger partial charge in [0.25, 0.3) is 0 Å². The van der Waals surface area contributed by atoms with Crippen molar-refractivity contribution in [2.24, 2.45) is 0 Å². The molecule has 80 valence electrons. The highest BCUT2D eigenvalue weighted by Gasteiger charge is 2.10. The molecule has 0 unspecified atom stereocenters. The summed E-state index contributed by atoms with van der Waals surface area (Å²) in [5, 5.41) is 0. The van der Waals surface area contributed by atoms with E-state index in [1.807, 2.05) is 0 Å². The topological polar surface area (TPSA) is 17.3 Å². The van der Waals surface area contributed by atoms with E-state index in [2.05, 4.69) is 55.4 Å². The van der Waals surface area contributed by atoms with Gasteiger partial charge in [-0.15, -0.1) is 0 Å². The molecule has 0 N–H and O–H groups in total. The molecule has 0 aliphatic rings. The number of nitrogens with zero attached hydrogens (tertiary/aromatic N) is 2. The second kappa shape index (κ2) is 3.69. The van der Waals surface area contributed by atoms with Crippen molar-refractivity contribution in [3.63, 3.8) is 0 Å². The first-order valence-electron chi connectivity index (χ1n) is 5.61. The zero-order valence-electron chi connectivity index (χ0n) is 9.91. The predicted octanol–water partition coefficient (Wildman–Crippen LogP) is 3.33. The largest absolute Gasteiger partial charge is 0.303 e. The van der Waals surface area contributed by atoms with Crippen LogP contribution in [0.3, 0.4) is 0 Å². The fourth-order valence-electron chi connectivity index (χ4n) is 1.93.